The van der Waals surface area contributed by atoms with Gasteiger partial charge in [-0.05, 0) is 45.8 Å². The van der Waals surface area contributed by atoms with Crippen molar-refractivity contribution >= 4 is 38.9 Å². The van der Waals surface area contributed by atoms with Crippen LogP contribution in [-0.4, -0.2) is 19.1 Å². The molecule has 3 nitrogen and oxygen atoms in total. The van der Waals surface area contributed by atoms with Gasteiger partial charge in [0.05, 0.1) is 11.4 Å². The molecular formula is C14H15BrClN3. The summed E-state index contributed by atoms with van der Waals surface area (Å²) in [7, 11) is 4.02. The topological polar surface area (TPSA) is 28.2 Å². The SMILES string of the molecule is CN(C)c1ccc(Cl)cc1NCc1cncc(Br)c1. The van der Waals surface area contributed by atoms with E-state index < -0.39 is 0 Å². The molecule has 1 aromatic heterocycles. The lowest BCUT2D eigenvalue weighted by Crippen LogP contribution is -2.12. The zero-order valence-corrected chi connectivity index (χ0v) is 13.2. The average molecular weight is 341 g/mol. The first kappa shape index (κ1) is 14.2. The second-order valence-electron chi connectivity index (χ2n) is 4.42. The summed E-state index contributed by atoms with van der Waals surface area (Å²) in [5.41, 5.74) is 3.23. The molecule has 100 valence electrons. The van der Waals surface area contributed by atoms with Crippen molar-refractivity contribution in [3.63, 3.8) is 0 Å². The minimum absolute atomic E-state index is 0.702. The van der Waals surface area contributed by atoms with E-state index in [2.05, 4.69) is 31.1 Å². The Morgan fingerprint density at radius 1 is 1.26 bits per heavy atom. The van der Waals surface area contributed by atoms with Gasteiger partial charge < -0.3 is 10.2 Å². The number of nitrogens with zero attached hydrogens (tertiary/aromatic N) is 2. The Labute approximate surface area is 126 Å². The number of rotatable bonds is 4. The predicted octanol–water partition coefficient (Wildman–Crippen LogP) is 4.18. The minimum atomic E-state index is 0.702. The Kier molecular flexibility index (Phi) is 4.66. The number of aromatic nitrogens is 1. The molecule has 0 atom stereocenters. The molecule has 0 unspecified atom stereocenters. The first-order chi connectivity index (χ1) is 9.06. The molecule has 0 aliphatic carbocycles. The van der Waals surface area contributed by atoms with Crippen LogP contribution in [0.5, 0.6) is 0 Å². The largest absolute Gasteiger partial charge is 0.379 e. The van der Waals surface area contributed by atoms with Gasteiger partial charge in [-0.15, -0.1) is 0 Å². The molecule has 1 heterocycles. The van der Waals surface area contributed by atoms with Crippen molar-refractivity contribution in [1.82, 2.24) is 4.98 Å². The second-order valence-corrected chi connectivity index (χ2v) is 5.77. The molecule has 19 heavy (non-hydrogen) atoms. The first-order valence-corrected chi connectivity index (χ1v) is 7.03. The molecule has 0 saturated heterocycles. The maximum Gasteiger partial charge on any atom is 0.0597 e. The zero-order chi connectivity index (χ0) is 13.8. The van der Waals surface area contributed by atoms with Gasteiger partial charge in [-0.2, -0.15) is 0 Å². The van der Waals surface area contributed by atoms with Gasteiger partial charge in [-0.1, -0.05) is 11.6 Å². The van der Waals surface area contributed by atoms with Crippen LogP contribution in [0.3, 0.4) is 0 Å². The van der Waals surface area contributed by atoms with Crippen LogP contribution >= 0.6 is 27.5 Å². The van der Waals surface area contributed by atoms with Crippen molar-refractivity contribution in [2.75, 3.05) is 24.3 Å². The van der Waals surface area contributed by atoms with Crippen LogP contribution in [0.2, 0.25) is 5.02 Å². The van der Waals surface area contributed by atoms with E-state index in [-0.39, 0.29) is 0 Å². The molecule has 1 aromatic carbocycles. The summed E-state index contributed by atoms with van der Waals surface area (Å²) in [5.74, 6) is 0. The smallest absolute Gasteiger partial charge is 0.0597 e. The van der Waals surface area contributed by atoms with Crippen LogP contribution in [0.1, 0.15) is 5.56 Å². The normalized spacial score (nSPS) is 10.3. The summed E-state index contributed by atoms with van der Waals surface area (Å²) in [4.78, 5) is 6.20. The Balaban J connectivity index is 2.17. The highest BCUT2D eigenvalue weighted by molar-refractivity contribution is 9.10. The summed E-state index contributed by atoms with van der Waals surface area (Å²) in [6.07, 6.45) is 3.62. The van der Waals surface area contributed by atoms with E-state index in [0.717, 1.165) is 26.4 Å². The van der Waals surface area contributed by atoms with Gasteiger partial charge in [0, 0.05) is 42.5 Å². The van der Waals surface area contributed by atoms with E-state index in [1.165, 1.54) is 0 Å². The lowest BCUT2D eigenvalue weighted by molar-refractivity contribution is 1.08. The summed E-state index contributed by atoms with van der Waals surface area (Å²) in [5, 5.41) is 4.11. The molecule has 0 fully saturated rings. The van der Waals surface area contributed by atoms with Crippen molar-refractivity contribution in [2.24, 2.45) is 0 Å². The third kappa shape index (κ3) is 3.85. The maximum absolute atomic E-state index is 6.05. The molecule has 0 amide bonds. The molecular weight excluding hydrogens is 326 g/mol. The number of nitrogens with one attached hydrogen (secondary N) is 1. The van der Waals surface area contributed by atoms with Crippen molar-refractivity contribution < 1.29 is 0 Å². The van der Waals surface area contributed by atoms with Gasteiger partial charge >= 0.3 is 0 Å². The van der Waals surface area contributed by atoms with Gasteiger partial charge in [0.2, 0.25) is 0 Å². The van der Waals surface area contributed by atoms with Crippen LogP contribution in [-0.2, 0) is 6.54 Å². The van der Waals surface area contributed by atoms with Crippen LogP contribution in [0.4, 0.5) is 11.4 Å². The number of benzene rings is 1. The van der Waals surface area contributed by atoms with Crippen LogP contribution < -0.4 is 10.2 Å². The average Bonchev–Trinajstić information content (AvgIpc) is 2.36. The summed E-state index contributed by atoms with van der Waals surface area (Å²) in [6.45, 7) is 0.702. The number of halogens is 2. The molecule has 2 aromatic rings. The number of hydrogen-bond acceptors (Lipinski definition) is 3. The summed E-state index contributed by atoms with van der Waals surface area (Å²) < 4.78 is 0.978. The van der Waals surface area contributed by atoms with Crippen molar-refractivity contribution in [3.05, 3.63) is 51.7 Å². The van der Waals surface area contributed by atoms with Crippen LogP contribution in [0.25, 0.3) is 0 Å². The van der Waals surface area contributed by atoms with E-state index in [0.29, 0.717) is 6.54 Å². The van der Waals surface area contributed by atoms with Crippen LogP contribution in [0, 0.1) is 0 Å². The zero-order valence-electron chi connectivity index (χ0n) is 10.8. The van der Waals surface area contributed by atoms with E-state index in [1.807, 2.05) is 44.6 Å². The lowest BCUT2D eigenvalue weighted by Gasteiger charge is -2.19. The highest BCUT2D eigenvalue weighted by Gasteiger charge is 2.05. The second kappa shape index (κ2) is 6.26. The van der Waals surface area contributed by atoms with Gasteiger partial charge in [0.25, 0.3) is 0 Å². The fraction of sp³-hybridized carbons (Fsp3) is 0.214. The highest BCUT2D eigenvalue weighted by Crippen LogP contribution is 2.28. The van der Waals surface area contributed by atoms with Crippen molar-refractivity contribution in [1.29, 1.82) is 0 Å². The predicted molar refractivity (Wildman–Crippen MR) is 85.0 cm³/mol. The van der Waals surface area contributed by atoms with E-state index in [1.54, 1.807) is 6.20 Å². The Morgan fingerprint density at radius 2 is 2.05 bits per heavy atom. The molecule has 0 saturated carbocycles. The molecule has 0 aliphatic heterocycles. The van der Waals surface area contributed by atoms with Crippen LogP contribution in [0.15, 0.2) is 41.1 Å². The fourth-order valence-electron chi connectivity index (χ4n) is 1.79. The van der Waals surface area contributed by atoms with E-state index in [9.17, 15) is 0 Å². The van der Waals surface area contributed by atoms with Crippen molar-refractivity contribution in [2.45, 2.75) is 6.54 Å². The molecule has 0 spiro atoms. The number of pyridine rings is 1. The quantitative estimate of drug-likeness (QED) is 0.905. The van der Waals surface area contributed by atoms with Crippen molar-refractivity contribution in [3.8, 4) is 0 Å². The van der Waals surface area contributed by atoms with E-state index in [4.69, 9.17) is 11.6 Å². The van der Waals surface area contributed by atoms with Gasteiger partial charge in [-0.25, -0.2) is 0 Å². The lowest BCUT2D eigenvalue weighted by atomic mass is 10.2. The maximum atomic E-state index is 6.05. The molecule has 5 heteroatoms. The van der Waals surface area contributed by atoms with Gasteiger partial charge in [-0.3, -0.25) is 4.98 Å². The molecule has 0 aliphatic rings. The molecule has 2 rings (SSSR count). The number of anilines is 2. The highest BCUT2D eigenvalue weighted by atomic mass is 79.9. The Morgan fingerprint density at radius 3 is 2.74 bits per heavy atom. The summed E-state index contributed by atoms with van der Waals surface area (Å²) in [6, 6.07) is 7.87. The summed E-state index contributed by atoms with van der Waals surface area (Å²) >= 11 is 9.47. The molecule has 1 N–H and O–H groups in total. The Bertz CT molecular complexity index is 572. The van der Waals surface area contributed by atoms with E-state index >= 15 is 0 Å². The third-order valence-electron chi connectivity index (χ3n) is 2.68. The monoisotopic (exact) mass is 339 g/mol. The standard InChI is InChI=1S/C14H15BrClN3/c1-19(2)14-4-3-12(16)6-13(14)18-8-10-5-11(15)9-17-7-10/h3-7,9,18H,8H2,1-2H3. The molecule has 0 bridgehead atoms. The first-order valence-electron chi connectivity index (χ1n) is 5.86. The Hall–Kier alpha value is -1.26. The number of hydrogen-bond donors (Lipinski definition) is 1. The molecule has 0 radical (unpaired) electrons. The van der Waals surface area contributed by atoms with Gasteiger partial charge in [0.15, 0.2) is 0 Å². The minimum Gasteiger partial charge on any atom is -0.379 e. The fourth-order valence-corrected chi connectivity index (χ4v) is 2.37. The third-order valence-corrected chi connectivity index (χ3v) is 3.35. The van der Waals surface area contributed by atoms with Gasteiger partial charge in [0.1, 0.15) is 0 Å².